The van der Waals surface area contributed by atoms with Crippen molar-refractivity contribution in [1.82, 2.24) is 30.2 Å². The van der Waals surface area contributed by atoms with Crippen LogP contribution in [-0.4, -0.2) is 63.9 Å². The molecule has 1 fully saturated rings. The topological polar surface area (TPSA) is 109 Å². The smallest absolute Gasteiger partial charge is 0.406 e. The van der Waals surface area contributed by atoms with Crippen LogP contribution in [0.3, 0.4) is 0 Å². The lowest BCUT2D eigenvalue weighted by molar-refractivity contribution is -0.141. The monoisotopic (exact) mass is 533 g/mol. The van der Waals surface area contributed by atoms with Crippen LogP contribution in [0.4, 0.5) is 19.2 Å². The van der Waals surface area contributed by atoms with Crippen molar-refractivity contribution >= 4 is 17.8 Å². The number of hydrogen-bond donors (Lipinski definition) is 1. The summed E-state index contributed by atoms with van der Waals surface area (Å²) in [6.45, 7) is 0.205. The van der Waals surface area contributed by atoms with Gasteiger partial charge in [0.2, 0.25) is 11.8 Å². The standard InChI is InChI=1S/C25H30F3N7O3/c1-33(2)16-20-30-31-24(38-20)34(23(37)17-9-5-3-6-10-17)14-13-29-22(36)19-15-35(18-11-7-4-8-12-18)32-21(19)25(26,27)28/h4,7-8,11-12,15,17H,3,5-6,9-10,13-14,16H2,1-2H3,(H,29,36). The van der Waals surface area contributed by atoms with Crippen molar-refractivity contribution in [1.29, 1.82) is 0 Å². The van der Waals surface area contributed by atoms with Gasteiger partial charge in [0.15, 0.2) is 5.69 Å². The second-order valence-corrected chi connectivity index (χ2v) is 9.47. The summed E-state index contributed by atoms with van der Waals surface area (Å²) >= 11 is 0. The molecule has 1 saturated carbocycles. The van der Waals surface area contributed by atoms with Crippen LogP contribution in [0.5, 0.6) is 0 Å². The van der Waals surface area contributed by atoms with Crippen molar-refractivity contribution < 1.29 is 27.2 Å². The minimum Gasteiger partial charge on any atom is -0.406 e. The normalized spacial score (nSPS) is 14.6. The van der Waals surface area contributed by atoms with Gasteiger partial charge in [-0.15, -0.1) is 5.10 Å². The van der Waals surface area contributed by atoms with E-state index in [-0.39, 0.29) is 30.9 Å². The van der Waals surface area contributed by atoms with E-state index in [0.717, 1.165) is 43.0 Å². The Morgan fingerprint density at radius 2 is 1.82 bits per heavy atom. The zero-order valence-electron chi connectivity index (χ0n) is 21.2. The van der Waals surface area contributed by atoms with Crippen LogP contribution in [0.2, 0.25) is 0 Å². The van der Waals surface area contributed by atoms with E-state index in [9.17, 15) is 22.8 Å². The number of amides is 2. The number of aromatic nitrogens is 4. The molecule has 0 saturated heterocycles. The Labute approximate surface area is 217 Å². The lowest BCUT2D eigenvalue weighted by atomic mass is 9.88. The summed E-state index contributed by atoms with van der Waals surface area (Å²) in [7, 11) is 3.67. The summed E-state index contributed by atoms with van der Waals surface area (Å²) in [5.41, 5.74) is -1.52. The molecule has 1 N–H and O–H groups in total. The molecule has 0 spiro atoms. The van der Waals surface area contributed by atoms with E-state index in [2.05, 4.69) is 20.6 Å². The Bertz CT molecular complexity index is 1230. The van der Waals surface area contributed by atoms with Crippen LogP contribution in [0.15, 0.2) is 40.9 Å². The third kappa shape index (κ3) is 6.57. The Kier molecular flexibility index (Phi) is 8.45. The number of hydrogen-bond acceptors (Lipinski definition) is 7. The van der Waals surface area contributed by atoms with Gasteiger partial charge in [0.25, 0.3) is 5.91 Å². The van der Waals surface area contributed by atoms with Crippen molar-refractivity contribution in [2.75, 3.05) is 32.1 Å². The predicted molar refractivity (Wildman–Crippen MR) is 132 cm³/mol. The second kappa shape index (κ2) is 11.8. The fourth-order valence-electron chi connectivity index (χ4n) is 4.40. The maximum atomic E-state index is 13.7. The number of para-hydroxylation sites is 1. The molecular weight excluding hydrogens is 503 g/mol. The van der Waals surface area contributed by atoms with Gasteiger partial charge in [-0.3, -0.25) is 14.5 Å². The van der Waals surface area contributed by atoms with Gasteiger partial charge in [-0.1, -0.05) is 42.6 Å². The largest absolute Gasteiger partial charge is 0.435 e. The summed E-state index contributed by atoms with van der Waals surface area (Å²) < 4.78 is 47.7. The number of carbonyl (C=O) groups is 2. The zero-order chi connectivity index (χ0) is 27.3. The van der Waals surface area contributed by atoms with E-state index in [1.54, 1.807) is 30.3 Å². The fourth-order valence-corrected chi connectivity index (χ4v) is 4.40. The summed E-state index contributed by atoms with van der Waals surface area (Å²) in [5.74, 6) is -1.06. The molecule has 2 heterocycles. The molecule has 10 nitrogen and oxygen atoms in total. The Morgan fingerprint density at radius 1 is 1.11 bits per heavy atom. The van der Waals surface area contributed by atoms with E-state index in [0.29, 0.717) is 18.1 Å². The molecule has 1 aliphatic rings. The van der Waals surface area contributed by atoms with Crippen molar-refractivity contribution in [3.05, 3.63) is 53.7 Å². The molecular formula is C25H30F3N7O3. The van der Waals surface area contributed by atoms with Gasteiger partial charge in [0.1, 0.15) is 0 Å². The highest BCUT2D eigenvalue weighted by Crippen LogP contribution is 2.31. The summed E-state index contributed by atoms with van der Waals surface area (Å²) in [6.07, 6.45) is 0.602. The molecule has 0 aliphatic heterocycles. The van der Waals surface area contributed by atoms with Gasteiger partial charge in [0.05, 0.1) is 17.8 Å². The summed E-state index contributed by atoms with van der Waals surface area (Å²) in [4.78, 5) is 29.3. The van der Waals surface area contributed by atoms with E-state index < -0.39 is 23.3 Å². The van der Waals surface area contributed by atoms with Crippen LogP contribution in [0, 0.1) is 5.92 Å². The predicted octanol–water partition coefficient (Wildman–Crippen LogP) is 3.68. The van der Waals surface area contributed by atoms with Crippen molar-refractivity contribution in [2.24, 2.45) is 5.92 Å². The van der Waals surface area contributed by atoms with Crippen LogP contribution >= 0.6 is 0 Å². The van der Waals surface area contributed by atoms with Crippen LogP contribution in [-0.2, 0) is 17.5 Å². The molecule has 0 radical (unpaired) electrons. The van der Waals surface area contributed by atoms with E-state index in [4.69, 9.17) is 4.42 Å². The highest BCUT2D eigenvalue weighted by atomic mass is 19.4. The molecule has 3 aromatic rings. The molecule has 1 aliphatic carbocycles. The second-order valence-electron chi connectivity index (χ2n) is 9.47. The minimum absolute atomic E-state index is 0.000416. The van der Waals surface area contributed by atoms with Gasteiger partial charge in [-0.25, -0.2) is 4.68 Å². The highest BCUT2D eigenvalue weighted by molar-refractivity contribution is 5.96. The molecule has 204 valence electrons. The first kappa shape index (κ1) is 27.3. The number of alkyl halides is 3. The number of anilines is 1. The van der Waals surface area contributed by atoms with Gasteiger partial charge in [-0.2, -0.15) is 18.3 Å². The molecule has 4 rings (SSSR count). The highest BCUT2D eigenvalue weighted by Gasteiger charge is 2.39. The molecule has 0 atom stereocenters. The maximum absolute atomic E-state index is 13.7. The van der Waals surface area contributed by atoms with Crippen molar-refractivity contribution in [2.45, 2.75) is 44.8 Å². The maximum Gasteiger partial charge on any atom is 0.435 e. The third-order valence-corrected chi connectivity index (χ3v) is 6.23. The first-order valence-corrected chi connectivity index (χ1v) is 12.4. The van der Waals surface area contributed by atoms with Crippen LogP contribution < -0.4 is 10.2 Å². The molecule has 0 unspecified atom stereocenters. The average molecular weight is 534 g/mol. The molecule has 0 bridgehead atoms. The number of nitrogens with one attached hydrogen (secondary N) is 1. The quantitative estimate of drug-likeness (QED) is 0.447. The Balaban J connectivity index is 1.50. The minimum atomic E-state index is -4.83. The first-order valence-electron chi connectivity index (χ1n) is 12.4. The third-order valence-electron chi connectivity index (χ3n) is 6.23. The van der Waals surface area contributed by atoms with Gasteiger partial charge in [0, 0.05) is 25.2 Å². The molecule has 38 heavy (non-hydrogen) atoms. The number of rotatable bonds is 9. The summed E-state index contributed by atoms with van der Waals surface area (Å²) in [5, 5.41) is 14.1. The number of carbonyl (C=O) groups excluding carboxylic acids is 2. The average Bonchev–Trinajstić information content (AvgIpc) is 3.55. The van der Waals surface area contributed by atoms with E-state index in [1.807, 2.05) is 19.0 Å². The first-order chi connectivity index (χ1) is 18.1. The number of nitrogens with zero attached hydrogens (tertiary/aromatic N) is 6. The molecule has 2 aromatic heterocycles. The fraction of sp³-hybridized carbons (Fsp3) is 0.480. The van der Waals surface area contributed by atoms with Gasteiger partial charge >= 0.3 is 12.2 Å². The van der Waals surface area contributed by atoms with Crippen LogP contribution in [0.1, 0.15) is 54.0 Å². The van der Waals surface area contributed by atoms with E-state index in [1.165, 1.54) is 4.90 Å². The van der Waals surface area contributed by atoms with Crippen molar-refractivity contribution in [3.8, 4) is 5.69 Å². The Morgan fingerprint density at radius 3 is 2.47 bits per heavy atom. The van der Waals surface area contributed by atoms with Gasteiger partial charge < -0.3 is 14.6 Å². The zero-order valence-corrected chi connectivity index (χ0v) is 21.2. The number of halogens is 3. The lowest BCUT2D eigenvalue weighted by Crippen LogP contribution is -2.42. The van der Waals surface area contributed by atoms with Crippen molar-refractivity contribution in [3.63, 3.8) is 0 Å². The molecule has 13 heteroatoms. The molecule has 1 aromatic carbocycles. The summed E-state index contributed by atoms with van der Waals surface area (Å²) in [6, 6.07) is 8.20. The lowest BCUT2D eigenvalue weighted by Gasteiger charge is -2.26. The number of benzene rings is 1. The Hall–Kier alpha value is -3.74. The SMILES string of the molecule is CN(C)Cc1nnc(N(CCNC(=O)c2cn(-c3ccccc3)nc2C(F)(F)F)C(=O)C2CCCCC2)o1. The van der Waals surface area contributed by atoms with E-state index >= 15 is 0 Å². The molecule has 2 amide bonds. The van der Waals surface area contributed by atoms with Crippen LogP contribution in [0.25, 0.3) is 5.69 Å². The van der Waals surface area contributed by atoms with Gasteiger partial charge in [-0.05, 0) is 39.1 Å².